The molecule has 1 aromatic heterocycles. The highest BCUT2D eigenvalue weighted by Gasteiger charge is 2.17. The zero-order valence-electron chi connectivity index (χ0n) is 14.6. The second-order valence-electron chi connectivity index (χ2n) is 5.78. The van der Waals surface area contributed by atoms with Crippen molar-refractivity contribution in [2.75, 3.05) is 12.4 Å². The highest BCUT2D eigenvalue weighted by Crippen LogP contribution is 2.26. The molecule has 2 aromatic carbocycles. The Balaban J connectivity index is 1.87. The van der Waals surface area contributed by atoms with E-state index in [1.807, 2.05) is 0 Å². The van der Waals surface area contributed by atoms with E-state index in [0.717, 1.165) is 0 Å². The summed E-state index contributed by atoms with van der Waals surface area (Å²) in [6, 6.07) is 13.4. The van der Waals surface area contributed by atoms with Crippen LogP contribution in [0, 0.1) is 12.7 Å². The Morgan fingerprint density at radius 1 is 1.07 bits per heavy atom. The van der Waals surface area contributed by atoms with Crippen LogP contribution >= 0.6 is 0 Å². The number of rotatable bonds is 5. The van der Waals surface area contributed by atoms with Crippen LogP contribution in [-0.2, 0) is 10.0 Å². The van der Waals surface area contributed by atoms with Gasteiger partial charge in [-0.2, -0.15) is 0 Å². The fourth-order valence-corrected chi connectivity index (χ4v) is 3.23. The fraction of sp³-hybridized carbons (Fsp3) is 0.105. The Morgan fingerprint density at radius 3 is 2.52 bits per heavy atom. The number of aryl methyl sites for hydroxylation is 1. The third kappa shape index (κ3) is 3.91. The molecule has 0 fully saturated rings. The largest absolute Gasteiger partial charge is 0.451 e. The molecule has 140 valence electrons. The second kappa shape index (κ2) is 7.34. The van der Waals surface area contributed by atoms with E-state index in [2.05, 4.69) is 10.0 Å². The average Bonchev–Trinajstić information content (AvgIpc) is 3.13. The van der Waals surface area contributed by atoms with Gasteiger partial charge in [-0.25, -0.2) is 17.5 Å². The third-order valence-corrected chi connectivity index (χ3v) is 5.42. The minimum Gasteiger partial charge on any atom is -0.451 e. The number of halogens is 1. The first kappa shape index (κ1) is 18.8. The van der Waals surface area contributed by atoms with Crippen LogP contribution < -0.4 is 10.0 Å². The van der Waals surface area contributed by atoms with Crippen molar-refractivity contribution >= 4 is 21.6 Å². The molecule has 27 heavy (non-hydrogen) atoms. The molecule has 0 unspecified atom stereocenters. The normalized spacial score (nSPS) is 11.4. The summed E-state index contributed by atoms with van der Waals surface area (Å²) in [5, 5.41) is 2.62. The van der Waals surface area contributed by atoms with Gasteiger partial charge in [-0.3, -0.25) is 4.79 Å². The molecule has 6 nitrogen and oxygen atoms in total. The van der Waals surface area contributed by atoms with Crippen molar-refractivity contribution in [2.24, 2.45) is 0 Å². The SMILES string of the molecule is CNS(=O)(=O)c1ccc(C)c(NC(=O)c2ccc(-c3ccccc3F)o2)c1. The van der Waals surface area contributed by atoms with E-state index in [1.54, 1.807) is 31.2 Å². The first-order chi connectivity index (χ1) is 12.8. The number of furan rings is 1. The maximum Gasteiger partial charge on any atom is 0.291 e. The molecule has 0 atom stereocenters. The van der Waals surface area contributed by atoms with Crippen LogP contribution in [0.15, 0.2) is 63.9 Å². The summed E-state index contributed by atoms with van der Waals surface area (Å²) in [5.41, 5.74) is 1.26. The predicted octanol–water partition coefficient (Wildman–Crippen LogP) is 3.55. The number of sulfonamides is 1. The summed E-state index contributed by atoms with van der Waals surface area (Å²) in [5.74, 6) is -0.824. The van der Waals surface area contributed by atoms with E-state index in [0.29, 0.717) is 11.3 Å². The van der Waals surface area contributed by atoms with Crippen molar-refractivity contribution in [2.45, 2.75) is 11.8 Å². The fourth-order valence-electron chi connectivity index (χ4n) is 2.47. The Morgan fingerprint density at radius 2 is 1.81 bits per heavy atom. The summed E-state index contributed by atoms with van der Waals surface area (Å²) in [6.45, 7) is 1.73. The van der Waals surface area contributed by atoms with Gasteiger partial charge >= 0.3 is 0 Å². The van der Waals surface area contributed by atoms with Crippen LogP contribution in [0.3, 0.4) is 0 Å². The summed E-state index contributed by atoms with van der Waals surface area (Å²) >= 11 is 0. The zero-order valence-corrected chi connectivity index (χ0v) is 15.4. The molecular formula is C19H17FN2O4S. The second-order valence-corrected chi connectivity index (χ2v) is 7.67. The molecule has 1 amide bonds. The van der Waals surface area contributed by atoms with Gasteiger partial charge in [0.25, 0.3) is 5.91 Å². The molecule has 0 bridgehead atoms. The van der Waals surface area contributed by atoms with Gasteiger partial charge in [0.05, 0.1) is 10.5 Å². The number of carbonyl (C=O) groups excluding carboxylic acids is 1. The van der Waals surface area contributed by atoms with Gasteiger partial charge in [0.2, 0.25) is 10.0 Å². The summed E-state index contributed by atoms with van der Waals surface area (Å²) < 4.78 is 45.4. The van der Waals surface area contributed by atoms with E-state index in [4.69, 9.17) is 4.42 Å². The first-order valence-corrected chi connectivity index (χ1v) is 9.50. The van der Waals surface area contributed by atoms with Gasteiger partial charge in [0.1, 0.15) is 11.6 Å². The number of nitrogens with one attached hydrogen (secondary N) is 2. The van der Waals surface area contributed by atoms with E-state index >= 15 is 0 Å². The maximum absolute atomic E-state index is 13.9. The number of anilines is 1. The Bertz CT molecular complexity index is 1110. The predicted molar refractivity (Wildman–Crippen MR) is 99.5 cm³/mol. The molecule has 2 N–H and O–H groups in total. The third-order valence-electron chi connectivity index (χ3n) is 4.01. The molecular weight excluding hydrogens is 371 g/mol. The van der Waals surface area contributed by atoms with Crippen LogP contribution in [0.2, 0.25) is 0 Å². The number of hydrogen-bond donors (Lipinski definition) is 2. The molecule has 0 saturated heterocycles. The molecule has 3 aromatic rings. The van der Waals surface area contributed by atoms with E-state index in [1.165, 1.54) is 37.4 Å². The smallest absolute Gasteiger partial charge is 0.291 e. The van der Waals surface area contributed by atoms with Crippen LogP contribution in [-0.4, -0.2) is 21.4 Å². The highest BCUT2D eigenvalue weighted by molar-refractivity contribution is 7.89. The Hall–Kier alpha value is -2.97. The zero-order chi connectivity index (χ0) is 19.6. The van der Waals surface area contributed by atoms with E-state index < -0.39 is 21.7 Å². The lowest BCUT2D eigenvalue weighted by Gasteiger charge is -2.10. The molecule has 3 rings (SSSR count). The molecule has 0 radical (unpaired) electrons. The maximum atomic E-state index is 13.9. The van der Waals surface area contributed by atoms with Gasteiger partial charge in [-0.1, -0.05) is 18.2 Å². The van der Waals surface area contributed by atoms with Crippen LogP contribution in [0.4, 0.5) is 10.1 Å². The quantitative estimate of drug-likeness (QED) is 0.700. The minimum atomic E-state index is -3.64. The highest BCUT2D eigenvalue weighted by atomic mass is 32.2. The van der Waals surface area contributed by atoms with Gasteiger partial charge in [0, 0.05) is 5.69 Å². The Labute approximate surface area is 156 Å². The summed E-state index contributed by atoms with van der Waals surface area (Å²) in [7, 11) is -2.33. The van der Waals surface area contributed by atoms with Gasteiger partial charge in [-0.05, 0) is 55.9 Å². The summed E-state index contributed by atoms with van der Waals surface area (Å²) in [4.78, 5) is 12.5. The van der Waals surface area contributed by atoms with Gasteiger partial charge in [0.15, 0.2) is 5.76 Å². The lowest BCUT2D eigenvalue weighted by atomic mass is 10.1. The van der Waals surface area contributed by atoms with Crippen molar-refractivity contribution < 1.29 is 22.0 Å². The van der Waals surface area contributed by atoms with Crippen molar-refractivity contribution in [1.82, 2.24) is 4.72 Å². The average molecular weight is 388 g/mol. The van der Waals surface area contributed by atoms with Crippen molar-refractivity contribution in [3.63, 3.8) is 0 Å². The number of amides is 1. The molecule has 0 aliphatic rings. The van der Waals surface area contributed by atoms with Gasteiger partial charge in [-0.15, -0.1) is 0 Å². The molecule has 0 saturated carbocycles. The lowest BCUT2D eigenvalue weighted by Crippen LogP contribution is -2.19. The van der Waals surface area contributed by atoms with Crippen molar-refractivity contribution in [3.05, 3.63) is 71.7 Å². The minimum absolute atomic E-state index is 0.0190. The molecule has 0 spiro atoms. The number of benzene rings is 2. The van der Waals surface area contributed by atoms with Crippen LogP contribution in [0.5, 0.6) is 0 Å². The monoisotopic (exact) mass is 388 g/mol. The molecule has 1 heterocycles. The Kier molecular flexibility index (Phi) is 5.11. The standard InChI is InChI=1S/C19H17FN2O4S/c1-12-7-8-13(27(24,25)21-2)11-16(12)22-19(23)18-10-9-17(26-18)14-5-3-4-6-15(14)20/h3-11,21H,1-2H3,(H,22,23). The molecule has 0 aliphatic heterocycles. The van der Waals surface area contributed by atoms with Gasteiger partial charge < -0.3 is 9.73 Å². The lowest BCUT2D eigenvalue weighted by molar-refractivity contribution is 0.0997. The van der Waals surface area contributed by atoms with E-state index in [-0.39, 0.29) is 22.0 Å². The van der Waals surface area contributed by atoms with E-state index in [9.17, 15) is 17.6 Å². The van der Waals surface area contributed by atoms with Crippen molar-refractivity contribution in [3.8, 4) is 11.3 Å². The molecule has 8 heteroatoms. The van der Waals surface area contributed by atoms with Crippen LogP contribution in [0.25, 0.3) is 11.3 Å². The number of carbonyl (C=O) groups is 1. The first-order valence-electron chi connectivity index (χ1n) is 8.02. The van der Waals surface area contributed by atoms with Crippen LogP contribution in [0.1, 0.15) is 16.1 Å². The summed E-state index contributed by atoms with van der Waals surface area (Å²) in [6.07, 6.45) is 0. The number of hydrogen-bond acceptors (Lipinski definition) is 4. The van der Waals surface area contributed by atoms with Crippen molar-refractivity contribution in [1.29, 1.82) is 0 Å². The topological polar surface area (TPSA) is 88.4 Å². The molecule has 0 aliphatic carbocycles.